The van der Waals surface area contributed by atoms with Gasteiger partial charge in [-0.15, -0.1) is 0 Å². The molecule has 5 nitrogen and oxygen atoms in total. The highest BCUT2D eigenvalue weighted by Gasteiger charge is 2.18. The number of carbonyl (C=O) groups excluding carboxylic acids is 1. The summed E-state index contributed by atoms with van der Waals surface area (Å²) in [6, 6.07) is 9.11. The summed E-state index contributed by atoms with van der Waals surface area (Å²) >= 11 is 0. The van der Waals surface area contributed by atoms with E-state index in [2.05, 4.69) is 15.6 Å². The fraction of sp³-hybridized carbons (Fsp3) is 0.111. The normalized spacial score (nSPS) is 20.7. The van der Waals surface area contributed by atoms with Crippen molar-refractivity contribution in [1.29, 1.82) is 0 Å². The monoisotopic (exact) mass is 190 g/mol. The number of urea groups is 1. The van der Waals surface area contributed by atoms with Crippen LogP contribution >= 0.6 is 0 Å². The smallest absolute Gasteiger partial charge is 0.323 e. The summed E-state index contributed by atoms with van der Waals surface area (Å²) in [4.78, 5) is 15.1. The van der Waals surface area contributed by atoms with Crippen molar-refractivity contribution in [3.63, 3.8) is 0 Å². The molecule has 1 aromatic carbocycles. The molecule has 1 aliphatic heterocycles. The number of nitrogens with one attached hydrogen (secondary N) is 2. The van der Waals surface area contributed by atoms with Gasteiger partial charge in [-0.2, -0.15) is 0 Å². The lowest BCUT2D eigenvalue weighted by Gasteiger charge is -2.20. The molecular weight excluding hydrogens is 180 g/mol. The highest BCUT2D eigenvalue weighted by Crippen LogP contribution is 2.14. The van der Waals surface area contributed by atoms with E-state index in [0.717, 1.165) is 5.56 Å². The lowest BCUT2D eigenvalue weighted by Crippen LogP contribution is -2.49. The van der Waals surface area contributed by atoms with Gasteiger partial charge < -0.3 is 11.1 Å². The molecule has 0 bridgehead atoms. The predicted octanol–water partition coefficient (Wildman–Crippen LogP) is 0.313. The molecule has 1 heterocycles. The minimum Gasteiger partial charge on any atom is -0.370 e. The highest BCUT2D eigenvalue weighted by molar-refractivity contribution is 5.97. The minimum atomic E-state index is -0.384. The lowest BCUT2D eigenvalue weighted by atomic mass is 10.2. The first-order valence-corrected chi connectivity index (χ1v) is 4.21. The minimum absolute atomic E-state index is 0.141. The average molecular weight is 190 g/mol. The van der Waals surface area contributed by atoms with Gasteiger partial charge in [0.15, 0.2) is 12.1 Å². The van der Waals surface area contributed by atoms with E-state index in [1.165, 1.54) is 0 Å². The van der Waals surface area contributed by atoms with Crippen LogP contribution in [0.2, 0.25) is 0 Å². The Kier molecular flexibility index (Phi) is 2.06. The number of rotatable bonds is 1. The van der Waals surface area contributed by atoms with Crippen LogP contribution in [-0.4, -0.2) is 12.0 Å². The van der Waals surface area contributed by atoms with Crippen molar-refractivity contribution < 1.29 is 4.79 Å². The van der Waals surface area contributed by atoms with Crippen LogP contribution in [0.1, 0.15) is 11.7 Å². The number of amides is 2. The van der Waals surface area contributed by atoms with Crippen molar-refractivity contribution in [1.82, 2.24) is 10.6 Å². The zero-order valence-corrected chi connectivity index (χ0v) is 7.40. The molecular formula is C9H10N4O. The zero-order chi connectivity index (χ0) is 9.97. The standard InChI is InChI=1S/C9H10N4O/c10-8-11-7(12-9(14)13-8)6-4-2-1-3-5-6/h1-5,7H,(H4,10,11,12,13,14)/t7-/m0/s1. The molecule has 14 heavy (non-hydrogen) atoms. The van der Waals surface area contributed by atoms with E-state index in [1.807, 2.05) is 30.3 Å². The zero-order valence-electron chi connectivity index (χ0n) is 7.40. The molecule has 0 fully saturated rings. The second-order valence-electron chi connectivity index (χ2n) is 2.93. The number of aliphatic imine (C=N–C) groups is 1. The third-order valence-electron chi connectivity index (χ3n) is 1.89. The summed E-state index contributed by atoms with van der Waals surface area (Å²) in [5.74, 6) is 0.141. The Morgan fingerprint density at radius 1 is 1.29 bits per heavy atom. The number of nitrogens with two attached hydrogens (primary N) is 1. The summed E-state index contributed by atoms with van der Waals surface area (Å²) < 4.78 is 0. The largest absolute Gasteiger partial charge is 0.370 e. The third kappa shape index (κ3) is 1.66. The molecule has 1 aliphatic rings. The van der Waals surface area contributed by atoms with E-state index >= 15 is 0 Å². The Bertz CT molecular complexity index is 374. The summed E-state index contributed by atoms with van der Waals surface area (Å²) in [6.45, 7) is 0. The van der Waals surface area contributed by atoms with Crippen LogP contribution in [0.3, 0.4) is 0 Å². The Balaban J connectivity index is 2.28. The number of hydrogen-bond acceptors (Lipinski definition) is 3. The van der Waals surface area contributed by atoms with Gasteiger partial charge in [-0.3, -0.25) is 5.32 Å². The number of benzene rings is 1. The van der Waals surface area contributed by atoms with Gasteiger partial charge >= 0.3 is 6.03 Å². The van der Waals surface area contributed by atoms with E-state index in [-0.39, 0.29) is 18.2 Å². The van der Waals surface area contributed by atoms with Crippen molar-refractivity contribution in [3.8, 4) is 0 Å². The lowest BCUT2D eigenvalue weighted by molar-refractivity contribution is 0.240. The van der Waals surface area contributed by atoms with Crippen LogP contribution in [0.25, 0.3) is 0 Å². The van der Waals surface area contributed by atoms with Crippen LogP contribution in [0.15, 0.2) is 35.3 Å². The number of nitrogens with zero attached hydrogens (tertiary/aromatic N) is 1. The Labute approximate surface area is 81.0 Å². The molecule has 4 N–H and O–H groups in total. The van der Waals surface area contributed by atoms with Gasteiger partial charge in [-0.25, -0.2) is 9.79 Å². The number of hydrogen-bond donors (Lipinski definition) is 3. The Morgan fingerprint density at radius 3 is 2.64 bits per heavy atom. The number of guanidine groups is 1. The molecule has 1 atom stereocenters. The predicted molar refractivity (Wildman–Crippen MR) is 52.5 cm³/mol. The molecule has 2 rings (SSSR count). The molecule has 0 unspecified atom stereocenters. The van der Waals surface area contributed by atoms with Crippen molar-refractivity contribution >= 4 is 12.0 Å². The molecule has 1 aromatic rings. The van der Waals surface area contributed by atoms with Crippen molar-refractivity contribution in [2.24, 2.45) is 10.7 Å². The molecule has 0 radical (unpaired) electrons. The summed E-state index contributed by atoms with van der Waals surface area (Å²) in [5.41, 5.74) is 6.34. The Morgan fingerprint density at radius 2 is 2.00 bits per heavy atom. The van der Waals surface area contributed by atoms with Crippen LogP contribution in [-0.2, 0) is 0 Å². The molecule has 2 amide bonds. The average Bonchev–Trinajstić information content (AvgIpc) is 2.18. The van der Waals surface area contributed by atoms with E-state index in [1.54, 1.807) is 0 Å². The second kappa shape index (κ2) is 3.37. The van der Waals surface area contributed by atoms with Crippen molar-refractivity contribution in [3.05, 3.63) is 35.9 Å². The first kappa shape index (κ1) is 8.55. The molecule has 0 saturated heterocycles. The SMILES string of the molecule is NC1=N[C@H](c2ccccc2)NC(=O)N1. The van der Waals surface area contributed by atoms with Crippen molar-refractivity contribution in [2.75, 3.05) is 0 Å². The third-order valence-corrected chi connectivity index (χ3v) is 1.89. The maximum absolute atomic E-state index is 11.1. The second-order valence-corrected chi connectivity index (χ2v) is 2.93. The number of carbonyl (C=O) groups is 1. The van der Waals surface area contributed by atoms with Gasteiger partial charge in [-0.05, 0) is 5.56 Å². The summed E-state index contributed by atoms with van der Waals surface area (Å²) in [6.07, 6.45) is -0.384. The van der Waals surface area contributed by atoms with E-state index in [9.17, 15) is 4.79 Å². The van der Waals surface area contributed by atoms with Gasteiger partial charge in [0, 0.05) is 0 Å². The molecule has 5 heteroatoms. The molecule has 72 valence electrons. The molecule has 0 aromatic heterocycles. The Hall–Kier alpha value is -2.04. The van der Waals surface area contributed by atoms with Gasteiger partial charge in [0.25, 0.3) is 0 Å². The topological polar surface area (TPSA) is 79.5 Å². The highest BCUT2D eigenvalue weighted by atomic mass is 16.2. The van der Waals surface area contributed by atoms with Crippen LogP contribution in [0, 0.1) is 0 Å². The fourth-order valence-electron chi connectivity index (χ4n) is 1.27. The van der Waals surface area contributed by atoms with Crippen molar-refractivity contribution in [2.45, 2.75) is 6.17 Å². The quantitative estimate of drug-likeness (QED) is 0.596. The summed E-state index contributed by atoms with van der Waals surface area (Å²) in [5, 5.41) is 5.00. The summed E-state index contributed by atoms with van der Waals surface area (Å²) in [7, 11) is 0. The fourth-order valence-corrected chi connectivity index (χ4v) is 1.27. The van der Waals surface area contributed by atoms with Crippen LogP contribution in [0.4, 0.5) is 4.79 Å². The van der Waals surface area contributed by atoms with E-state index < -0.39 is 0 Å². The molecule has 0 aliphatic carbocycles. The van der Waals surface area contributed by atoms with Gasteiger partial charge in [0.05, 0.1) is 0 Å². The van der Waals surface area contributed by atoms with E-state index in [0.29, 0.717) is 0 Å². The first-order chi connectivity index (χ1) is 6.75. The van der Waals surface area contributed by atoms with Gasteiger partial charge in [0.2, 0.25) is 0 Å². The van der Waals surface area contributed by atoms with Crippen LogP contribution < -0.4 is 16.4 Å². The van der Waals surface area contributed by atoms with Crippen LogP contribution in [0.5, 0.6) is 0 Å². The first-order valence-electron chi connectivity index (χ1n) is 4.21. The molecule has 0 saturated carbocycles. The molecule has 0 spiro atoms. The van der Waals surface area contributed by atoms with E-state index in [4.69, 9.17) is 5.73 Å². The van der Waals surface area contributed by atoms with Gasteiger partial charge in [0.1, 0.15) is 0 Å². The maximum atomic E-state index is 11.1. The maximum Gasteiger partial charge on any atom is 0.323 e. The van der Waals surface area contributed by atoms with Gasteiger partial charge in [-0.1, -0.05) is 30.3 Å².